The molecule has 0 saturated heterocycles. The summed E-state index contributed by atoms with van der Waals surface area (Å²) in [6.45, 7) is 0. The first kappa shape index (κ1) is 26.8. The van der Waals surface area contributed by atoms with Crippen LogP contribution in [0.4, 0.5) is 0 Å². The van der Waals surface area contributed by atoms with Gasteiger partial charge in [-0.2, -0.15) is 0 Å². The normalized spacial score (nSPS) is 11.8. The molecule has 2 heterocycles. The molecule has 48 heavy (non-hydrogen) atoms. The highest BCUT2D eigenvalue weighted by Crippen LogP contribution is 2.39. The topological polar surface area (TPSA) is 18.1 Å². The van der Waals surface area contributed by atoms with Crippen molar-refractivity contribution in [1.82, 2.24) is 4.57 Å². The van der Waals surface area contributed by atoms with Gasteiger partial charge in [-0.05, 0) is 111 Å². The minimum absolute atomic E-state index is 0.919. The Bertz CT molecular complexity index is 2750. The summed E-state index contributed by atoms with van der Waals surface area (Å²) >= 11 is 0. The molecule has 10 aromatic rings. The van der Waals surface area contributed by atoms with E-state index in [4.69, 9.17) is 4.42 Å². The van der Waals surface area contributed by atoms with Crippen LogP contribution in [0, 0.1) is 0 Å². The fourth-order valence-corrected chi connectivity index (χ4v) is 7.41. The average Bonchev–Trinajstić information content (AvgIpc) is 3.68. The van der Waals surface area contributed by atoms with Crippen molar-refractivity contribution in [1.29, 1.82) is 0 Å². The van der Waals surface area contributed by atoms with E-state index in [2.05, 4.69) is 168 Å². The molecule has 0 amide bonds. The molecule has 10 rings (SSSR count). The zero-order valence-corrected chi connectivity index (χ0v) is 26.1. The number of para-hydroxylation sites is 2. The summed E-state index contributed by atoms with van der Waals surface area (Å²) in [6, 6.07) is 63.4. The Morgan fingerprint density at radius 2 is 0.854 bits per heavy atom. The Kier molecular flexibility index (Phi) is 5.91. The third-order valence-electron chi connectivity index (χ3n) is 9.73. The molecule has 0 saturated carbocycles. The quantitative estimate of drug-likeness (QED) is 0.194. The number of nitrogens with zero attached hydrogens (tertiary/aromatic N) is 1. The summed E-state index contributed by atoms with van der Waals surface area (Å²) in [4.78, 5) is 0. The lowest BCUT2D eigenvalue weighted by atomic mass is 9.93. The minimum atomic E-state index is 0.919. The van der Waals surface area contributed by atoms with Gasteiger partial charge in [-0.15, -0.1) is 0 Å². The van der Waals surface area contributed by atoms with Gasteiger partial charge in [0, 0.05) is 27.2 Å². The van der Waals surface area contributed by atoms with Crippen molar-refractivity contribution >= 4 is 54.5 Å². The number of benzene rings is 8. The maximum atomic E-state index is 6.27. The molecule has 0 aliphatic rings. The summed E-state index contributed by atoms with van der Waals surface area (Å²) in [5.41, 5.74) is 12.6. The molecule has 0 bridgehead atoms. The van der Waals surface area contributed by atoms with E-state index in [0.29, 0.717) is 0 Å². The summed E-state index contributed by atoms with van der Waals surface area (Å²) in [7, 11) is 0. The number of hydrogen-bond acceptors (Lipinski definition) is 1. The molecule has 224 valence electrons. The number of fused-ring (bicyclic) bond motifs is 7. The second kappa shape index (κ2) is 10.6. The Morgan fingerprint density at radius 1 is 0.312 bits per heavy atom. The second-order valence-electron chi connectivity index (χ2n) is 12.6. The molecular weight excluding hydrogens is 583 g/mol. The lowest BCUT2D eigenvalue weighted by Gasteiger charge is -2.13. The molecule has 2 heteroatoms. The van der Waals surface area contributed by atoms with E-state index < -0.39 is 0 Å². The zero-order valence-electron chi connectivity index (χ0n) is 26.1. The molecule has 0 spiro atoms. The number of rotatable bonds is 4. The fourth-order valence-electron chi connectivity index (χ4n) is 7.41. The molecule has 0 atom stereocenters. The maximum absolute atomic E-state index is 6.27. The Morgan fingerprint density at radius 3 is 1.54 bits per heavy atom. The summed E-state index contributed by atoms with van der Waals surface area (Å²) in [5, 5.41) is 7.19. The summed E-state index contributed by atoms with van der Waals surface area (Å²) in [6.07, 6.45) is 0. The maximum Gasteiger partial charge on any atom is 0.136 e. The predicted molar refractivity (Wildman–Crippen MR) is 202 cm³/mol. The number of furan rings is 1. The van der Waals surface area contributed by atoms with Crippen LogP contribution in [0.25, 0.3) is 93.6 Å². The molecule has 0 fully saturated rings. The van der Waals surface area contributed by atoms with Crippen molar-refractivity contribution in [2.45, 2.75) is 0 Å². The molecule has 0 N–H and O–H groups in total. The van der Waals surface area contributed by atoms with Crippen LogP contribution in [0.2, 0.25) is 0 Å². The van der Waals surface area contributed by atoms with Crippen molar-refractivity contribution in [3.8, 4) is 39.1 Å². The number of aromatic nitrogens is 1. The van der Waals surface area contributed by atoms with Gasteiger partial charge in [0.2, 0.25) is 0 Å². The van der Waals surface area contributed by atoms with Crippen LogP contribution in [0.5, 0.6) is 0 Å². The molecule has 2 nitrogen and oxygen atoms in total. The smallest absolute Gasteiger partial charge is 0.136 e. The van der Waals surface area contributed by atoms with Crippen molar-refractivity contribution in [3.05, 3.63) is 176 Å². The van der Waals surface area contributed by atoms with Gasteiger partial charge in [0.05, 0.1) is 11.0 Å². The summed E-state index contributed by atoms with van der Waals surface area (Å²) < 4.78 is 8.66. The zero-order chi connectivity index (χ0) is 31.6. The van der Waals surface area contributed by atoms with E-state index >= 15 is 0 Å². The van der Waals surface area contributed by atoms with Gasteiger partial charge >= 0.3 is 0 Å². The summed E-state index contributed by atoms with van der Waals surface area (Å²) in [5.74, 6) is 0. The molecular formula is C46H29NO. The van der Waals surface area contributed by atoms with Crippen LogP contribution < -0.4 is 0 Å². The molecule has 8 aromatic carbocycles. The first-order valence-corrected chi connectivity index (χ1v) is 16.4. The van der Waals surface area contributed by atoms with E-state index in [1.54, 1.807) is 0 Å². The van der Waals surface area contributed by atoms with Crippen LogP contribution in [0.15, 0.2) is 180 Å². The monoisotopic (exact) mass is 611 g/mol. The van der Waals surface area contributed by atoms with Gasteiger partial charge in [0.1, 0.15) is 11.2 Å². The standard InChI is InChI=1S/C46H29NO/c1-3-11-30(12-4-1)33-23-34(31-13-5-2-6-14-31)25-35(24-33)32-19-21-38(22-20-32)47-43-17-9-7-15-39(43)41-26-36-27-42-40-16-8-10-18-45(40)48-46(42)29-37(36)28-44(41)47/h1-29H. The van der Waals surface area contributed by atoms with Gasteiger partial charge in [-0.25, -0.2) is 0 Å². The third kappa shape index (κ3) is 4.27. The van der Waals surface area contributed by atoms with Gasteiger partial charge < -0.3 is 8.98 Å². The molecule has 0 aliphatic carbocycles. The van der Waals surface area contributed by atoms with E-state index in [-0.39, 0.29) is 0 Å². The van der Waals surface area contributed by atoms with Crippen molar-refractivity contribution in [3.63, 3.8) is 0 Å². The van der Waals surface area contributed by atoms with Crippen LogP contribution in [-0.2, 0) is 0 Å². The van der Waals surface area contributed by atoms with Gasteiger partial charge in [0.15, 0.2) is 0 Å². The molecule has 0 radical (unpaired) electrons. The first-order valence-electron chi connectivity index (χ1n) is 16.4. The highest BCUT2D eigenvalue weighted by atomic mass is 16.3. The van der Waals surface area contributed by atoms with Crippen LogP contribution in [0.3, 0.4) is 0 Å². The molecule has 0 unspecified atom stereocenters. The van der Waals surface area contributed by atoms with Gasteiger partial charge in [-0.3, -0.25) is 0 Å². The van der Waals surface area contributed by atoms with Crippen LogP contribution in [-0.4, -0.2) is 4.57 Å². The highest BCUT2D eigenvalue weighted by Gasteiger charge is 2.16. The van der Waals surface area contributed by atoms with Crippen molar-refractivity contribution in [2.24, 2.45) is 0 Å². The largest absolute Gasteiger partial charge is 0.456 e. The fraction of sp³-hybridized carbons (Fsp3) is 0. The van der Waals surface area contributed by atoms with Gasteiger partial charge in [-0.1, -0.05) is 109 Å². The minimum Gasteiger partial charge on any atom is -0.456 e. The lowest BCUT2D eigenvalue weighted by Crippen LogP contribution is -1.94. The molecule has 0 aliphatic heterocycles. The second-order valence-corrected chi connectivity index (χ2v) is 12.6. The van der Waals surface area contributed by atoms with E-state index in [9.17, 15) is 0 Å². The highest BCUT2D eigenvalue weighted by molar-refractivity contribution is 6.17. The first-order chi connectivity index (χ1) is 23.8. The third-order valence-corrected chi connectivity index (χ3v) is 9.73. The molecule has 2 aromatic heterocycles. The Labute approximate surface area is 277 Å². The van der Waals surface area contributed by atoms with Crippen LogP contribution >= 0.6 is 0 Å². The van der Waals surface area contributed by atoms with E-state index in [1.807, 2.05) is 12.1 Å². The van der Waals surface area contributed by atoms with E-state index in [0.717, 1.165) is 27.6 Å². The van der Waals surface area contributed by atoms with Crippen molar-refractivity contribution in [2.75, 3.05) is 0 Å². The van der Waals surface area contributed by atoms with E-state index in [1.165, 1.54) is 66.0 Å². The predicted octanol–water partition coefficient (Wildman–Crippen LogP) is 12.8. The number of hydrogen-bond donors (Lipinski definition) is 0. The van der Waals surface area contributed by atoms with Gasteiger partial charge in [0.25, 0.3) is 0 Å². The average molecular weight is 612 g/mol. The SMILES string of the molecule is c1ccc(-c2cc(-c3ccccc3)cc(-c3ccc(-n4c5ccccc5c5cc6cc7c(cc6cc54)oc4ccccc47)cc3)c2)cc1. The lowest BCUT2D eigenvalue weighted by molar-refractivity contribution is 0.669. The Hall–Kier alpha value is -6.38. The van der Waals surface area contributed by atoms with Crippen LogP contribution in [0.1, 0.15) is 0 Å². The Balaban J connectivity index is 1.13. The van der Waals surface area contributed by atoms with Crippen molar-refractivity contribution < 1.29 is 4.42 Å².